The van der Waals surface area contributed by atoms with Crippen LogP contribution in [-0.2, 0) is 4.79 Å². The highest BCUT2D eigenvalue weighted by Gasteiger charge is 2.17. The summed E-state index contributed by atoms with van der Waals surface area (Å²) in [6.45, 7) is 1.80. The van der Waals surface area contributed by atoms with Gasteiger partial charge in [0.05, 0.1) is 0 Å². The number of rotatable bonds is 4. The van der Waals surface area contributed by atoms with Crippen LogP contribution in [0.3, 0.4) is 0 Å². The topological polar surface area (TPSA) is 56.3 Å². The van der Waals surface area contributed by atoms with Crippen molar-refractivity contribution in [3.63, 3.8) is 0 Å². The fourth-order valence-electron chi connectivity index (χ4n) is 1.62. The van der Waals surface area contributed by atoms with Gasteiger partial charge in [-0.2, -0.15) is 0 Å². The quantitative estimate of drug-likeness (QED) is 0.373. The van der Waals surface area contributed by atoms with Crippen LogP contribution >= 0.6 is 11.6 Å². The highest BCUT2D eigenvalue weighted by Crippen LogP contribution is 2.24. The van der Waals surface area contributed by atoms with E-state index in [4.69, 9.17) is 16.3 Å². The van der Waals surface area contributed by atoms with Gasteiger partial charge in [0.2, 0.25) is 0 Å². The molecule has 0 aliphatic carbocycles. The normalized spacial score (nSPS) is 12.1. The van der Waals surface area contributed by atoms with Crippen molar-refractivity contribution < 1.29 is 14.3 Å². The van der Waals surface area contributed by atoms with Crippen molar-refractivity contribution in [3.8, 4) is 5.75 Å². The first-order valence-corrected chi connectivity index (χ1v) is 6.30. The molecule has 1 aromatic heterocycles. The van der Waals surface area contributed by atoms with Gasteiger partial charge in [0.1, 0.15) is 16.6 Å². The summed E-state index contributed by atoms with van der Waals surface area (Å²) in [7, 11) is 0. The number of hydrogen-bond donors (Lipinski definition) is 0. The molecule has 2 rings (SSSR count). The predicted molar refractivity (Wildman–Crippen MR) is 72.7 cm³/mol. The molecule has 0 amide bonds. The lowest BCUT2D eigenvalue weighted by Gasteiger charge is -2.09. The number of carbonyl (C=O) groups is 2. The molecule has 0 spiro atoms. The van der Waals surface area contributed by atoms with Crippen LogP contribution in [0.4, 0.5) is 0 Å². The number of halogens is 1. The van der Waals surface area contributed by atoms with Crippen LogP contribution in [0.2, 0.25) is 0 Å². The molecule has 0 saturated heterocycles. The second-order valence-electron chi connectivity index (χ2n) is 3.98. The zero-order chi connectivity index (χ0) is 13.8. The molecule has 0 saturated carbocycles. The Morgan fingerprint density at radius 3 is 2.89 bits per heavy atom. The van der Waals surface area contributed by atoms with Crippen molar-refractivity contribution in [2.45, 2.75) is 18.7 Å². The molecule has 1 atom stereocenters. The summed E-state index contributed by atoms with van der Waals surface area (Å²) in [6, 6.07) is 8.56. The number of nitrogens with zero attached hydrogens (tertiary/aromatic N) is 1. The first kappa shape index (κ1) is 13.5. The van der Waals surface area contributed by atoms with Gasteiger partial charge >= 0.3 is 5.97 Å². The lowest BCUT2D eigenvalue weighted by atomic mass is 10.2. The Hall–Kier alpha value is -1.94. The van der Waals surface area contributed by atoms with Crippen LogP contribution in [-0.4, -0.2) is 22.6 Å². The summed E-state index contributed by atoms with van der Waals surface area (Å²) >= 11 is 5.82. The second kappa shape index (κ2) is 5.80. The summed E-state index contributed by atoms with van der Waals surface area (Å²) in [5.41, 5.74) is 0.759. The number of para-hydroxylation sites is 1. The highest BCUT2D eigenvalue weighted by molar-refractivity contribution is 6.30. The van der Waals surface area contributed by atoms with Gasteiger partial charge < -0.3 is 4.74 Å². The molecule has 0 bridgehead atoms. The molecule has 4 nitrogen and oxygen atoms in total. The van der Waals surface area contributed by atoms with E-state index < -0.39 is 11.3 Å². The third-order valence-electron chi connectivity index (χ3n) is 2.65. The molecule has 0 N–H and O–H groups in total. The smallest absolute Gasteiger partial charge is 0.329 e. The minimum Gasteiger partial charge on any atom is -0.423 e. The number of pyridine rings is 1. The molecule has 0 fully saturated rings. The SMILES string of the molecule is CCC(Cl)C(=O)Oc1cccc2ccc(C=O)nc12. The summed E-state index contributed by atoms with van der Waals surface area (Å²) in [5.74, 6) is -0.208. The molecular formula is C14H12ClNO3. The van der Waals surface area contributed by atoms with Crippen molar-refractivity contribution in [3.05, 3.63) is 36.0 Å². The third-order valence-corrected chi connectivity index (χ3v) is 3.14. The van der Waals surface area contributed by atoms with Gasteiger partial charge in [-0.15, -0.1) is 11.6 Å². The van der Waals surface area contributed by atoms with Gasteiger partial charge in [0.15, 0.2) is 12.0 Å². The van der Waals surface area contributed by atoms with Gasteiger partial charge in [-0.3, -0.25) is 9.59 Å². The van der Waals surface area contributed by atoms with Crippen LogP contribution in [0, 0.1) is 0 Å². The van der Waals surface area contributed by atoms with Crippen LogP contribution in [0.1, 0.15) is 23.8 Å². The largest absolute Gasteiger partial charge is 0.423 e. The van der Waals surface area contributed by atoms with Gasteiger partial charge in [0, 0.05) is 5.39 Å². The molecule has 98 valence electrons. The lowest BCUT2D eigenvalue weighted by Crippen LogP contribution is -2.20. The zero-order valence-electron chi connectivity index (χ0n) is 10.3. The first-order valence-electron chi connectivity index (χ1n) is 5.86. The summed E-state index contributed by atoms with van der Waals surface area (Å²) in [5, 5.41) is 0.100. The van der Waals surface area contributed by atoms with Crippen molar-refractivity contribution in [1.82, 2.24) is 4.98 Å². The number of esters is 1. The molecule has 0 radical (unpaired) electrons. The third kappa shape index (κ3) is 2.90. The number of benzene rings is 1. The van der Waals surface area contributed by atoms with Crippen molar-refractivity contribution in [2.24, 2.45) is 0 Å². The molecule has 0 aliphatic rings. The van der Waals surface area contributed by atoms with Crippen molar-refractivity contribution in [2.75, 3.05) is 0 Å². The Morgan fingerprint density at radius 2 is 2.21 bits per heavy atom. The minimum atomic E-state index is -0.690. The lowest BCUT2D eigenvalue weighted by molar-refractivity contribution is -0.133. The molecule has 1 unspecified atom stereocenters. The maximum Gasteiger partial charge on any atom is 0.329 e. The van der Waals surface area contributed by atoms with E-state index in [-0.39, 0.29) is 5.69 Å². The van der Waals surface area contributed by atoms with E-state index in [1.807, 2.05) is 6.07 Å². The van der Waals surface area contributed by atoms with Gasteiger partial charge in [-0.1, -0.05) is 25.1 Å². The number of hydrogen-bond acceptors (Lipinski definition) is 4. The fraction of sp³-hybridized carbons (Fsp3) is 0.214. The number of alkyl halides is 1. The number of carbonyl (C=O) groups excluding carboxylic acids is 2. The highest BCUT2D eigenvalue weighted by atomic mass is 35.5. The van der Waals surface area contributed by atoms with Crippen molar-refractivity contribution in [1.29, 1.82) is 0 Å². The molecule has 0 aliphatic heterocycles. The molecule has 2 aromatic rings. The Kier molecular flexibility index (Phi) is 4.12. The molecule has 5 heteroatoms. The number of aldehydes is 1. The van der Waals surface area contributed by atoms with Crippen LogP contribution in [0.15, 0.2) is 30.3 Å². The standard InChI is InChI=1S/C14H12ClNO3/c1-2-11(15)14(18)19-12-5-3-4-9-6-7-10(8-17)16-13(9)12/h3-8,11H,2H2,1H3. The van der Waals surface area contributed by atoms with E-state index in [9.17, 15) is 9.59 Å². The number of fused-ring (bicyclic) bond motifs is 1. The minimum absolute atomic E-state index is 0.286. The summed E-state index contributed by atoms with van der Waals surface area (Å²) in [6.07, 6.45) is 1.13. The molecular weight excluding hydrogens is 266 g/mol. The summed E-state index contributed by atoms with van der Waals surface area (Å²) < 4.78 is 5.23. The second-order valence-corrected chi connectivity index (χ2v) is 4.51. The van der Waals surface area contributed by atoms with E-state index >= 15 is 0 Å². The average Bonchev–Trinajstić information content (AvgIpc) is 2.46. The van der Waals surface area contributed by atoms with E-state index in [1.165, 1.54) is 0 Å². The van der Waals surface area contributed by atoms with Crippen LogP contribution in [0.25, 0.3) is 10.9 Å². The first-order chi connectivity index (χ1) is 9.15. The maximum atomic E-state index is 11.7. The number of ether oxygens (including phenoxy) is 1. The monoisotopic (exact) mass is 277 g/mol. The van der Waals surface area contributed by atoms with Crippen LogP contribution < -0.4 is 4.74 Å². The molecule has 19 heavy (non-hydrogen) atoms. The van der Waals surface area contributed by atoms with E-state index in [1.54, 1.807) is 31.2 Å². The average molecular weight is 278 g/mol. The molecule has 1 heterocycles. The maximum absolute atomic E-state index is 11.7. The van der Waals surface area contributed by atoms with E-state index in [2.05, 4.69) is 4.98 Å². The number of aromatic nitrogens is 1. The Morgan fingerprint density at radius 1 is 1.42 bits per heavy atom. The van der Waals surface area contributed by atoms with Gasteiger partial charge in [0.25, 0.3) is 0 Å². The van der Waals surface area contributed by atoms with Gasteiger partial charge in [-0.25, -0.2) is 4.98 Å². The van der Waals surface area contributed by atoms with Gasteiger partial charge in [-0.05, 0) is 18.6 Å². The van der Waals surface area contributed by atoms with E-state index in [0.717, 1.165) is 5.39 Å². The Labute approximate surface area is 115 Å². The summed E-state index contributed by atoms with van der Waals surface area (Å²) in [4.78, 5) is 26.6. The van der Waals surface area contributed by atoms with Crippen molar-refractivity contribution >= 4 is 34.8 Å². The Bertz CT molecular complexity index is 627. The Balaban J connectivity index is 2.42. The predicted octanol–water partition coefficient (Wildman–Crippen LogP) is 2.97. The fourth-order valence-corrected chi connectivity index (χ4v) is 1.67. The zero-order valence-corrected chi connectivity index (χ0v) is 11.1. The van der Waals surface area contributed by atoms with Crippen LogP contribution in [0.5, 0.6) is 5.75 Å². The van der Waals surface area contributed by atoms with E-state index in [0.29, 0.717) is 24.0 Å². The molecule has 1 aromatic carbocycles.